The lowest BCUT2D eigenvalue weighted by Gasteiger charge is -2.30. The lowest BCUT2D eigenvalue weighted by Crippen LogP contribution is -2.26. The van der Waals surface area contributed by atoms with Gasteiger partial charge in [-0.25, -0.2) is 0 Å². The van der Waals surface area contributed by atoms with Crippen LogP contribution >= 0.6 is 0 Å². The Morgan fingerprint density at radius 2 is 1.75 bits per heavy atom. The molecule has 110 valence electrons. The molecule has 2 rings (SSSR count). The molecule has 1 aliphatic rings. The van der Waals surface area contributed by atoms with Crippen LogP contribution in [0.5, 0.6) is 5.75 Å². The minimum Gasteiger partial charge on any atom is -0.434 e. The maximum Gasteiger partial charge on any atom is 0.387 e. The molecule has 20 heavy (non-hydrogen) atoms. The van der Waals surface area contributed by atoms with Gasteiger partial charge < -0.3 is 4.74 Å². The quantitative estimate of drug-likeness (QED) is 0.758. The third kappa shape index (κ3) is 3.56. The van der Waals surface area contributed by atoms with Gasteiger partial charge in [0.25, 0.3) is 0 Å². The second-order valence-electron chi connectivity index (χ2n) is 5.85. The summed E-state index contributed by atoms with van der Waals surface area (Å²) in [4.78, 5) is 12.6. The molecule has 2 atom stereocenters. The Balaban J connectivity index is 2.20. The standard InChI is InChI=1S/C16H20F2O2/c1-10-7-11(2)9-12(8-10)15(19)13-5-3-4-6-14(13)20-16(17)18/h3-6,10-12,16H,7-9H2,1-2H3. The second-order valence-corrected chi connectivity index (χ2v) is 5.85. The fraction of sp³-hybridized carbons (Fsp3) is 0.562. The fourth-order valence-electron chi connectivity index (χ4n) is 3.25. The maximum absolute atomic E-state index is 12.6. The highest BCUT2D eigenvalue weighted by atomic mass is 19.3. The van der Waals surface area contributed by atoms with Crippen molar-refractivity contribution < 1.29 is 18.3 Å². The first kappa shape index (κ1) is 14.9. The van der Waals surface area contributed by atoms with Gasteiger partial charge in [0.2, 0.25) is 0 Å². The summed E-state index contributed by atoms with van der Waals surface area (Å²) >= 11 is 0. The molecule has 0 spiro atoms. The lowest BCUT2D eigenvalue weighted by molar-refractivity contribution is -0.0502. The number of hydrogen-bond donors (Lipinski definition) is 0. The normalized spacial score (nSPS) is 26.6. The Hall–Kier alpha value is -1.45. The molecular weight excluding hydrogens is 262 g/mol. The van der Waals surface area contributed by atoms with Gasteiger partial charge in [0.15, 0.2) is 5.78 Å². The molecule has 1 aromatic carbocycles. The third-order valence-electron chi connectivity index (χ3n) is 3.92. The number of halogens is 2. The SMILES string of the molecule is CC1CC(C)CC(C(=O)c2ccccc2OC(F)F)C1. The summed E-state index contributed by atoms with van der Waals surface area (Å²) in [6, 6.07) is 6.28. The van der Waals surface area contributed by atoms with Crippen LogP contribution in [-0.2, 0) is 0 Å². The van der Waals surface area contributed by atoms with Crippen LogP contribution in [0.3, 0.4) is 0 Å². The van der Waals surface area contributed by atoms with Crippen molar-refractivity contribution in [2.45, 2.75) is 39.7 Å². The van der Waals surface area contributed by atoms with Crippen molar-refractivity contribution in [2.24, 2.45) is 17.8 Å². The van der Waals surface area contributed by atoms with Crippen molar-refractivity contribution in [2.75, 3.05) is 0 Å². The van der Waals surface area contributed by atoms with Crippen LogP contribution in [0.2, 0.25) is 0 Å². The van der Waals surface area contributed by atoms with E-state index in [4.69, 9.17) is 0 Å². The van der Waals surface area contributed by atoms with Crippen molar-refractivity contribution in [1.29, 1.82) is 0 Å². The Kier molecular flexibility index (Phi) is 4.73. The van der Waals surface area contributed by atoms with Crippen molar-refractivity contribution in [3.63, 3.8) is 0 Å². The van der Waals surface area contributed by atoms with Crippen LogP contribution in [0, 0.1) is 17.8 Å². The van der Waals surface area contributed by atoms with E-state index >= 15 is 0 Å². The van der Waals surface area contributed by atoms with E-state index in [9.17, 15) is 13.6 Å². The van der Waals surface area contributed by atoms with Gasteiger partial charge in [-0.2, -0.15) is 8.78 Å². The third-order valence-corrected chi connectivity index (χ3v) is 3.92. The zero-order valence-electron chi connectivity index (χ0n) is 11.8. The molecule has 0 N–H and O–H groups in total. The summed E-state index contributed by atoms with van der Waals surface area (Å²) in [5.74, 6) is 0.820. The van der Waals surface area contributed by atoms with Crippen LogP contribution in [0.1, 0.15) is 43.5 Å². The number of hydrogen-bond acceptors (Lipinski definition) is 2. The molecule has 1 aromatic rings. The van der Waals surface area contributed by atoms with Crippen molar-refractivity contribution in [3.8, 4) is 5.75 Å². The topological polar surface area (TPSA) is 26.3 Å². The van der Waals surface area contributed by atoms with E-state index in [1.54, 1.807) is 18.2 Å². The zero-order valence-corrected chi connectivity index (χ0v) is 11.8. The van der Waals surface area contributed by atoms with Crippen molar-refractivity contribution >= 4 is 5.78 Å². The van der Waals surface area contributed by atoms with Crippen molar-refractivity contribution in [1.82, 2.24) is 0 Å². The lowest BCUT2D eigenvalue weighted by atomic mass is 9.74. The number of alkyl halides is 2. The Bertz CT molecular complexity index is 463. The van der Waals surface area contributed by atoms with Gasteiger partial charge in [-0.3, -0.25) is 4.79 Å². The minimum atomic E-state index is -2.91. The van der Waals surface area contributed by atoms with E-state index in [0.29, 0.717) is 11.8 Å². The summed E-state index contributed by atoms with van der Waals surface area (Å²) < 4.78 is 29.3. The van der Waals surface area contributed by atoms with Crippen molar-refractivity contribution in [3.05, 3.63) is 29.8 Å². The van der Waals surface area contributed by atoms with E-state index < -0.39 is 6.61 Å². The van der Waals surface area contributed by atoms with E-state index in [-0.39, 0.29) is 23.0 Å². The first-order valence-electron chi connectivity index (χ1n) is 7.05. The number of benzene rings is 1. The molecule has 0 aromatic heterocycles. The van der Waals surface area contributed by atoms with Crippen LogP contribution in [0.4, 0.5) is 8.78 Å². The average Bonchev–Trinajstić information content (AvgIpc) is 2.36. The number of carbonyl (C=O) groups is 1. The number of Topliss-reactive ketones (excluding diaryl/α,β-unsaturated/α-hetero) is 1. The first-order chi connectivity index (χ1) is 9.47. The van der Waals surface area contributed by atoms with Gasteiger partial charge in [-0.1, -0.05) is 26.0 Å². The highest BCUT2D eigenvalue weighted by Gasteiger charge is 2.31. The van der Waals surface area contributed by atoms with Crippen LogP contribution in [-0.4, -0.2) is 12.4 Å². The maximum atomic E-state index is 12.6. The smallest absolute Gasteiger partial charge is 0.387 e. The van der Waals surface area contributed by atoms with Gasteiger partial charge in [-0.05, 0) is 43.2 Å². The number of para-hydroxylation sites is 1. The summed E-state index contributed by atoms with van der Waals surface area (Å²) in [6.45, 7) is 1.36. The van der Waals surface area contributed by atoms with E-state index in [1.807, 2.05) is 0 Å². The van der Waals surface area contributed by atoms with Gasteiger partial charge in [0.1, 0.15) is 5.75 Å². The van der Waals surface area contributed by atoms with Gasteiger partial charge >= 0.3 is 6.61 Å². The Morgan fingerprint density at radius 1 is 1.15 bits per heavy atom. The molecular formula is C16H20F2O2. The summed E-state index contributed by atoms with van der Waals surface area (Å²) in [6.07, 6.45) is 2.78. The summed E-state index contributed by atoms with van der Waals surface area (Å²) in [5, 5.41) is 0. The van der Waals surface area contributed by atoms with E-state index in [2.05, 4.69) is 18.6 Å². The highest BCUT2D eigenvalue weighted by molar-refractivity contribution is 6.00. The number of carbonyl (C=O) groups excluding carboxylic acids is 1. The summed E-state index contributed by atoms with van der Waals surface area (Å²) in [5.41, 5.74) is 0.277. The molecule has 1 fully saturated rings. The molecule has 0 bridgehead atoms. The first-order valence-corrected chi connectivity index (χ1v) is 7.05. The number of rotatable bonds is 4. The average molecular weight is 282 g/mol. The molecule has 1 saturated carbocycles. The molecule has 0 amide bonds. The molecule has 0 radical (unpaired) electrons. The zero-order chi connectivity index (χ0) is 14.7. The van der Waals surface area contributed by atoms with Crippen LogP contribution in [0.15, 0.2) is 24.3 Å². The number of ether oxygens (including phenoxy) is 1. The Labute approximate surface area is 118 Å². The largest absolute Gasteiger partial charge is 0.434 e. The molecule has 2 unspecified atom stereocenters. The second kappa shape index (κ2) is 6.33. The molecule has 0 heterocycles. The van der Waals surface area contributed by atoms with E-state index in [1.165, 1.54) is 6.07 Å². The molecule has 2 nitrogen and oxygen atoms in total. The molecule has 0 aliphatic heterocycles. The summed E-state index contributed by atoms with van der Waals surface area (Å²) in [7, 11) is 0. The van der Waals surface area contributed by atoms with Gasteiger partial charge in [0.05, 0.1) is 5.56 Å². The van der Waals surface area contributed by atoms with Crippen LogP contribution in [0.25, 0.3) is 0 Å². The monoisotopic (exact) mass is 282 g/mol. The molecule has 4 heteroatoms. The molecule has 1 aliphatic carbocycles. The van der Waals surface area contributed by atoms with E-state index in [0.717, 1.165) is 19.3 Å². The van der Waals surface area contributed by atoms with Gasteiger partial charge in [-0.15, -0.1) is 0 Å². The predicted molar refractivity (Wildman–Crippen MR) is 73.1 cm³/mol. The fourth-order valence-corrected chi connectivity index (χ4v) is 3.25. The minimum absolute atomic E-state index is 0.0154. The Morgan fingerprint density at radius 3 is 2.35 bits per heavy atom. The van der Waals surface area contributed by atoms with Gasteiger partial charge in [0, 0.05) is 5.92 Å². The van der Waals surface area contributed by atoms with Crippen LogP contribution < -0.4 is 4.74 Å². The predicted octanol–water partition coefficient (Wildman–Crippen LogP) is 4.54. The number of ketones is 1. The molecule has 0 saturated heterocycles. The highest BCUT2D eigenvalue weighted by Crippen LogP contribution is 2.36.